The van der Waals surface area contributed by atoms with Crippen LogP contribution in [0.3, 0.4) is 0 Å². The standard InChI is InChI=1S/C23H30N6S.2C2HF3O2/c1-17(2)29-18(3)26-21-20(29)14-27(13-19-5-12-30-15-19)16-23(21)6-10-28(11-7-23)22-24-8-4-9-25-22;2*3-2(4,5)1(6)7/h4-5,8-9,12,15,17H,6-7,10-11,13-14,16H2,1-3H3;2*(H,6,7). The minimum atomic E-state index is -5.08. The lowest BCUT2D eigenvalue weighted by Gasteiger charge is -2.47. The molecule has 0 atom stereocenters. The Balaban J connectivity index is 0.000000317. The molecule has 3 aromatic rings. The van der Waals surface area contributed by atoms with Gasteiger partial charge in [-0.3, -0.25) is 4.90 Å². The SMILES string of the molecule is Cc1nc2c(n1C(C)C)CN(Cc1ccsc1)CC21CCN(c2ncccn2)CC1.O=C(O)C(F)(F)F.O=C(O)C(F)(F)F. The van der Waals surface area contributed by atoms with E-state index in [4.69, 9.17) is 24.8 Å². The molecular weight excluding hydrogens is 618 g/mol. The molecule has 0 aliphatic carbocycles. The van der Waals surface area contributed by atoms with Crippen LogP contribution in [-0.2, 0) is 28.1 Å². The van der Waals surface area contributed by atoms with Gasteiger partial charge in [0.05, 0.1) is 11.4 Å². The number of fused-ring (bicyclic) bond motifs is 2. The van der Waals surface area contributed by atoms with Crippen molar-refractivity contribution in [3.8, 4) is 0 Å². The van der Waals surface area contributed by atoms with Crippen molar-refractivity contribution in [2.24, 2.45) is 0 Å². The number of aryl methyl sites for hydroxylation is 1. The molecule has 2 aliphatic rings. The zero-order valence-corrected chi connectivity index (χ0v) is 24.9. The van der Waals surface area contributed by atoms with Gasteiger partial charge in [0, 0.05) is 56.6 Å². The maximum atomic E-state index is 10.6. The van der Waals surface area contributed by atoms with Crippen LogP contribution < -0.4 is 4.90 Å². The number of piperidine rings is 1. The van der Waals surface area contributed by atoms with Crippen molar-refractivity contribution in [3.63, 3.8) is 0 Å². The first-order chi connectivity index (χ1) is 20.4. The van der Waals surface area contributed by atoms with Crippen LogP contribution in [0, 0.1) is 6.92 Å². The zero-order valence-electron chi connectivity index (χ0n) is 24.1. The predicted molar refractivity (Wildman–Crippen MR) is 148 cm³/mol. The molecule has 1 saturated heterocycles. The molecule has 0 amide bonds. The molecule has 2 aliphatic heterocycles. The van der Waals surface area contributed by atoms with Gasteiger partial charge in [0.25, 0.3) is 0 Å². The Labute approximate surface area is 253 Å². The van der Waals surface area contributed by atoms with Crippen LogP contribution in [0.1, 0.15) is 55.5 Å². The molecule has 0 radical (unpaired) electrons. The average Bonchev–Trinajstić information content (AvgIpc) is 3.57. The highest BCUT2D eigenvalue weighted by molar-refractivity contribution is 7.07. The van der Waals surface area contributed by atoms with Crippen molar-refractivity contribution in [2.75, 3.05) is 24.5 Å². The lowest BCUT2D eigenvalue weighted by atomic mass is 9.72. The van der Waals surface area contributed by atoms with Crippen molar-refractivity contribution in [2.45, 2.75) is 70.5 Å². The number of carbonyl (C=O) groups is 2. The Morgan fingerprint density at radius 1 is 1.02 bits per heavy atom. The summed E-state index contributed by atoms with van der Waals surface area (Å²) in [6.07, 6.45) is -4.32. The van der Waals surface area contributed by atoms with Crippen molar-refractivity contribution in [1.82, 2.24) is 24.4 Å². The van der Waals surface area contributed by atoms with Crippen molar-refractivity contribution < 1.29 is 46.1 Å². The molecule has 10 nitrogen and oxygen atoms in total. The summed E-state index contributed by atoms with van der Waals surface area (Å²) in [5.41, 5.74) is 4.30. The molecule has 0 unspecified atom stereocenters. The zero-order chi connectivity index (χ0) is 32.9. The number of thiophene rings is 1. The van der Waals surface area contributed by atoms with E-state index in [1.165, 1.54) is 17.0 Å². The summed E-state index contributed by atoms with van der Waals surface area (Å²) >= 11 is 1.79. The third-order valence-electron chi connectivity index (χ3n) is 7.13. The van der Waals surface area contributed by atoms with E-state index in [0.29, 0.717) is 6.04 Å². The van der Waals surface area contributed by atoms with Crippen LogP contribution in [0.25, 0.3) is 0 Å². The molecule has 5 rings (SSSR count). The molecule has 44 heavy (non-hydrogen) atoms. The van der Waals surface area contributed by atoms with E-state index in [9.17, 15) is 26.3 Å². The van der Waals surface area contributed by atoms with Crippen molar-refractivity contribution in [1.29, 1.82) is 0 Å². The van der Waals surface area contributed by atoms with E-state index in [1.54, 1.807) is 11.3 Å². The highest BCUT2D eigenvalue weighted by Gasteiger charge is 2.46. The van der Waals surface area contributed by atoms with Gasteiger partial charge in [-0.15, -0.1) is 0 Å². The van der Waals surface area contributed by atoms with E-state index in [1.807, 2.05) is 18.5 Å². The van der Waals surface area contributed by atoms with E-state index in [0.717, 1.165) is 57.3 Å². The summed E-state index contributed by atoms with van der Waals surface area (Å²) in [7, 11) is 0. The van der Waals surface area contributed by atoms with Crippen LogP contribution in [0.4, 0.5) is 32.3 Å². The van der Waals surface area contributed by atoms with Gasteiger partial charge in [0.1, 0.15) is 5.82 Å². The van der Waals surface area contributed by atoms with Gasteiger partial charge in [-0.25, -0.2) is 24.5 Å². The highest BCUT2D eigenvalue weighted by atomic mass is 32.1. The number of aromatic nitrogens is 4. The second-order valence-electron chi connectivity index (χ2n) is 10.6. The summed E-state index contributed by atoms with van der Waals surface area (Å²) in [6.45, 7) is 11.7. The molecule has 0 bridgehead atoms. The maximum Gasteiger partial charge on any atom is 0.490 e. The Morgan fingerprint density at radius 2 is 1.57 bits per heavy atom. The second-order valence-corrected chi connectivity index (χ2v) is 11.4. The summed E-state index contributed by atoms with van der Waals surface area (Å²) in [5.74, 6) is -3.51. The third-order valence-corrected chi connectivity index (χ3v) is 7.86. The fourth-order valence-electron chi connectivity index (χ4n) is 5.36. The van der Waals surface area contributed by atoms with Crippen LogP contribution in [0.5, 0.6) is 0 Å². The van der Waals surface area contributed by atoms with Gasteiger partial charge in [-0.1, -0.05) is 0 Å². The minimum absolute atomic E-state index is 0.111. The lowest BCUT2D eigenvalue weighted by Crippen LogP contribution is -2.52. The number of hydrogen-bond donors (Lipinski definition) is 2. The number of nitrogens with zero attached hydrogens (tertiary/aromatic N) is 6. The summed E-state index contributed by atoms with van der Waals surface area (Å²) < 4.78 is 65.9. The second kappa shape index (κ2) is 13.9. The number of alkyl halides is 6. The Hall–Kier alpha value is -3.73. The van der Waals surface area contributed by atoms with Crippen molar-refractivity contribution >= 4 is 29.2 Å². The van der Waals surface area contributed by atoms with Crippen LogP contribution in [-0.4, -0.2) is 78.6 Å². The molecule has 0 aromatic carbocycles. The molecular formula is C27H32F6N6O4S. The van der Waals surface area contributed by atoms with E-state index >= 15 is 0 Å². The summed E-state index contributed by atoms with van der Waals surface area (Å²) in [4.78, 5) is 36.9. The Bertz CT molecular complexity index is 1360. The van der Waals surface area contributed by atoms with Gasteiger partial charge >= 0.3 is 24.3 Å². The molecule has 1 spiro atoms. The fraction of sp³-hybridized carbons (Fsp3) is 0.519. The van der Waals surface area contributed by atoms with Gasteiger partial charge in [-0.2, -0.15) is 37.7 Å². The number of carboxylic acid groups (broad SMARTS) is 2. The summed E-state index contributed by atoms with van der Waals surface area (Å²) in [6, 6.07) is 4.57. The van der Waals surface area contributed by atoms with Gasteiger partial charge in [0.2, 0.25) is 5.95 Å². The predicted octanol–water partition coefficient (Wildman–Crippen LogP) is 5.44. The largest absolute Gasteiger partial charge is 0.490 e. The minimum Gasteiger partial charge on any atom is -0.475 e. The highest BCUT2D eigenvalue weighted by Crippen LogP contribution is 2.43. The number of hydrogen-bond acceptors (Lipinski definition) is 8. The molecule has 5 heterocycles. The number of imidazole rings is 1. The van der Waals surface area contributed by atoms with E-state index in [-0.39, 0.29) is 5.41 Å². The normalized spacial score (nSPS) is 16.5. The quantitative estimate of drug-likeness (QED) is 0.355. The number of aliphatic carboxylic acids is 2. The van der Waals surface area contributed by atoms with Gasteiger partial charge < -0.3 is 19.7 Å². The first-order valence-corrected chi connectivity index (χ1v) is 14.3. The number of anilines is 1. The first kappa shape index (κ1) is 34.8. The smallest absolute Gasteiger partial charge is 0.475 e. The third kappa shape index (κ3) is 8.68. The maximum absolute atomic E-state index is 10.6. The number of halogens is 6. The summed E-state index contributed by atoms with van der Waals surface area (Å²) in [5, 5.41) is 18.7. The molecule has 3 aromatic heterocycles. The van der Waals surface area contributed by atoms with Crippen LogP contribution in [0.2, 0.25) is 0 Å². The molecule has 17 heteroatoms. The molecule has 1 fully saturated rings. The van der Waals surface area contributed by atoms with Gasteiger partial charge in [-0.05, 0) is 62.1 Å². The van der Waals surface area contributed by atoms with Crippen LogP contribution in [0.15, 0.2) is 35.3 Å². The van der Waals surface area contributed by atoms with Crippen LogP contribution >= 0.6 is 11.3 Å². The lowest BCUT2D eigenvalue weighted by molar-refractivity contribution is -0.193. The van der Waals surface area contributed by atoms with Crippen molar-refractivity contribution in [3.05, 3.63) is 58.1 Å². The monoisotopic (exact) mass is 650 g/mol. The average molecular weight is 651 g/mol. The van der Waals surface area contributed by atoms with Gasteiger partial charge in [0.15, 0.2) is 0 Å². The topological polar surface area (TPSA) is 125 Å². The first-order valence-electron chi connectivity index (χ1n) is 13.4. The Morgan fingerprint density at radius 3 is 2.02 bits per heavy atom. The number of carboxylic acids is 2. The molecule has 0 saturated carbocycles. The Kier molecular flexibility index (Phi) is 11.0. The van der Waals surface area contributed by atoms with E-state index in [2.05, 4.69) is 61.9 Å². The molecule has 2 N–H and O–H groups in total. The molecule has 242 valence electrons. The fourth-order valence-corrected chi connectivity index (χ4v) is 6.02. The number of rotatable bonds is 4. The van der Waals surface area contributed by atoms with E-state index < -0.39 is 24.3 Å².